The molecule has 7 heteroatoms. The zero-order valence-corrected chi connectivity index (χ0v) is 9.74. The molecule has 0 bridgehead atoms. The number of nitrogens with one attached hydrogen (secondary N) is 1. The van der Waals surface area contributed by atoms with Gasteiger partial charge in [0.15, 0.2) is 0 Å². The van der Waals surface area contributed by atoms with Crippen LogP contribution in [0, 0.1) is 10.1 Å². The topological polar surface area (TPSA) is 111 Å². The molecule has 1 amide bonds. The minimum atomic E-state index is -0.505. The first kappa shape index (κ1) is 12.5. The van der Waals surface area contributed by atoms with E-state index in [0.717, 1.165) is 0 Å². The van der Waals surface area contributed by atoms with Crippen molar-refractivity contribution in [3.63, 3.8) is 0 Å². The first-order chi connectivity index (χ1) is 9.06. The average Bonchev–Trinajstić information content (AvgIpc) is 2.39. The van der Waals surface area contributed by atoms with Crippen LogP contribution in [0.4, 0.5) is 17.2 Å². The van der Waals surface area contributed by atoms with Crippen molar-refractivity contribution in [1.82, 2.24) is 4.98 Å². The number of nitrogens with two attached hydrogens (primary N) is 1. The number of anilines is 2. The van der Waals surface area contributed by atoms with Crippen molar-refractivity contribution in [2.24, 2.45) is 0 Å². The number of benzene rings is 1. The Morgan fingerprint density at radius 2 is 1.95 bits per heavy atom. The molecule has 96 valence electrons. The first-order valence-corrected chi connectivity index (χ1v) is 5.33. The molecule has 0 saturated heterocycles. The van der Waals surface area contributed by atoms with E-state index < -0.39 is 4.92 Å². The highest BCUT2D eigenvalue weighted by Crippen LogP contribution is 2.16. The summed E-state index contributed by atoms with van der Waals surface area (Å²) in [6.07, 6.45) is 1.43. The van der Waals surface area contributed by atoms with E-state index in [-0.39, 0.29) is 17.4 Å². The Morgan fingerprint density at radius 3 is 2.53 bits per heavy atom. The third-order valence-corrected chi connectivity index (χ3v) is 2.38. The Hall–Kier alpha value is -2.96. The second kappa shape index (κ2) is 5.13. The number of carbonyl (C=O) groups excluding carboxylic acids is 1. The number of hydrogen-bond donors (Lipinski definition) is 2. The lowest BCUT2D eigenvalue weighted by Crippen LogP contribution is -2.12. The van der Waals surface area contributed by atoms with E-state index >= 15 is 0 Å². The first-order valence-electron chi connectivity index (χ1n) is 5.33. The normalized spacial score (nSPS) is 9.89. The smallest absolute Gasteiger partial charge is 0.269 e. The molecule has 1 aromatic heterocycles. The highest BCUT2D eigenvalue weighted by Gasteiger charge is 2.08. The molecule has 0 fully saturated rings. The molecule has 19 heavy (non-hydrogen) atoms. The zero-order valence-electron chi connectivity index (χ0n) is 9.74. The van der Waals surface area contributed by atoms with Crippen molar-refractivity contribution in [2.45, 2.75) is 0 Å². The van der Waals surface area contributed by atoms with Gasteiger partial charge in [0, 0.05) is 29.6 Å². The largest absolute Gasteiger partial charge is 0.384 e. The van der Waals surface area contributed by atoms with Crippen molar-refractivity contribution in [3.05, 3.63) is 58.3 Å². The summed E-state index contributed by atoms with van der Waals surface area (Å²) in [6, 6.07) is 8.52. The van der Waals surface area contributed by atoms with Crippen molar-refractivity contribution in [3.8, 4) is 0 Å². The van der Waals surface area contributed by atoms with Gasteiger partial charge in [-0.1, -0.05) is 0 Å². The number of rotatable bonds is 3. The maximum Gasteiger partial charge on any atom is 0.269 e. The summed E-state index contributed by atoms with van der Waals surface area (Å²) in [4.78, 5) is 25.6. The minimum Gasteiger partial charge on any atom is -0.384 e. The molecule has 0 aliphatic carbocycles. The number of pyridine rings is 1. The quantitative estimate of drug-likeness (QED) is 0.644. The molecule has 0 spiro atoms. The zero-order chi connectivity index (χ0) is 13.8. The van der Waals surface area contributed by atoms with Crippen LogP contribution in [0.1, 0.15) is 10.4 Å². The molecule has 7 nitrogen and oxygen atoms in total. The second-order valence-corrected chi connectivity index (χ2v) is 3.73. The fraction of sp³-hybridized carbons (Fsp3) is 0. The number of nitrogen functional groups attached to an aromatic ring is 1. The van der Waals surface area contributed by atoms with Crippen LogP contribution in [0.15, 0.2) is 42.6 Å². The number of nitro benzene ring substituents is 1. The van der Waals surface area contributed by atoms with Gasteiger partial charge < -0.3 is 11.1 Å². The molecule has 2 aromatic rings. The SMILES string of the molecule is Nc1cc(C(=O)Nc2ccc([N+](=O)[O-])cc2)ccn1. The molecule has 3 N–H and O–H groups in total. The summed E-state index contributed by atoms with van der Waals surface area (Å²) in [5, 5.41) is 13.1. The predicted octanol–water partition coefficient (Wildman–Crippen LogP) is 1.82. The number of nitro groups is 1. The molecule has 1 heterocycles. The summed E-state index contributed by atoms with van der Waals surface area (Å²) < 4.78 is 0. The van der Waals surface area contributed by atoms with Crippen LogP contribution in [0.3, 0.4) is 0 Å². The molecule has 0 unspecified atom stereocenters. The standard InChI is InChI=1S/C12H10N4O3/c13-11-7-8(5-6-14-11)12(17)15-9-1-3-10(4-2-9)16(18)19/h1-7H,(H2,13,14)(H,15,17). The second-order valence-electron chi connectivity index (χ2n) is 3.73. The van der Waals surface area contributed by atoms with E-state index in [9.17, 15) is 14.9 Å². The molecule has 0 saturated carbocycles. The molecular weight excluding hydrogens is 248 g/mol. The monoisotopic (exact) mass is 258 g/mol. The van der Waals surface area contributed by atoms with E-state index in [1.807, 2.05) is 0 Å². The molecule has 2 rings (SSSR count). The average molecular weight is 258 g/mol. The van der Waals surface area contributed by atoms with Gasteiger partial charge in [0.2, 0.25) is 0 Å². The van der Waals surface area contributed by atoms with Crippen molar-refractivity contribution < 1.29 is 9.72 Å². The van der Waals surface area contributed by atoms with Crippen LogP contribution in [-0.4, -0.2) is 15.8 Å². The van der Waals surface area contributed by atoms with Crippen molar-refractivity contribution in [1.29, 1.82) is 0 Å². The van der Waals surface area contributed by atoms with E-state index in [2.05, 4.69) is 10.3 Å². The third kappa shape index (κ3) is 3.03. The van der Waals surface area contributed by atoms with Gasteiger partial charge in [-0.2, -0.15) is 0 Å². The number of aromatic nitrogens is 1. The van der Waals surface area contributed by atoms with Crippen LogP contribution < -0.4 is 11.1 Å². The van der Waals surface area contributed by atoms with Gasteiger partial charge in [0.05, 0.1) is 4.92 Å². The molecule has 0 atom stereocenters. The van der Waals surface area contributed by atoms with Crippen molar-refractivity contribution >= 4 is 23.1 Å². The number of carbonyl (C=O) groups is 1. The van der Waals surface area contributed by atoms with E-state index in [0.29, 0.717) is 11.3 Å². The fourth-order valence-corrected chi connectivity index (χ4v) is 1.46. The molecule has 0 aliphatic rings. The Labute approximate surface area is 108 Å². The Balaban J connectivity index is 2.13. The van der Waals surface area contributed by atoms with Crippen LogP contribution >= 0.6 is 0 Å². The lowest BCUT2D eigenvalue weighted by molar-refractivity contribution is -0.384. The summed E-state index contributed by atoms with van der Waals surface area (Å²) in [6.45, 7) is 0. The van der Waals surface area contributed by atoms with Crippen LogP contribution in [0.5, 0.6) is 0 Å². The van der Waals surface area contributed by atoms with E-state index in [4.69, 9.17) is 5.73 Å². The summed E-state index contributed by atoms with van der Waals surface area (Å²) in [5.41, 5.74) is 6.27. The summed E-state index contributed by atoms with van der Waals surface area (Å²) >= 11 is 0. The van der Waals surface area contributed by atoms with E-state index in [1.165, 1.54) is 42.6 Å². The lowest BCUT2D eigenvalue weighted by atomic mass is 10.2. The highest BCUT2D eigenvalue weighted by molar-refractivity contribution is 6.04. The Morgan fingerprint density at radius 1 is 1.26 bits per heavy atom. The van der Waals surface area contributed by atoms with Gasteiger partial charge in [-0.05, 0) is 24.3 Å². The van der Waals surface area contributed by atoms with E-state index in [1.54, 1.807) is 0 Å². The molecule has 1 aromatic carbocycles. The number of hydrogen-bond acceptors (Lipinski definition) is 5. The molecule has 0 aliphatic heterocycles. The molecule has 0 radical (unpaired) electrons. The van der Waals surface area contributed by atoms with Crippen LogP contribution in [-0.2, 0) is 0 Å². The predicted molar refractivity (Wildman–Crippen MR) is 69.7 cm³/mol. The highest BCUT2D eigenvalue weighted by atomic mass is 16.6. The van der Waals surface area contributed by atoms with Gasteiger partial charge in [-0.3, -0.25) is 14.9 Å². The molecular formula is C12H10N4O3. The fourth-order valence-electron chi connectivity index (χ4n) is 1.46. The summed E-state index contributed by atoms with van der Waals surface area (Å²) in [7, 11) is 0. The van der Waals surface area contributed by atoms with Gasteiger partial charge in [0.1, 0.15) is 5.82 Å². The number of non-ortho nitro benzene ring substituents is 1. The Kier molecular flexibility index (Phi) is 3.37. The van der Waals surface area contributed by atoms with Gasteiger partial charge in [-0.15, -0.1) is 0 Å². The summed E-state index contributed by atoms with van der Waals surface area (Å²) in [5.74, 6) is -0.112. The number of amides is 1. The van der Waals surface area contributed by atoms with Gasteiger partial charge >= 0.3 is 0 Å². The number of nitrogens with zero attached hydrogens (tertiary/aromatic N) is 2. The van der Waals surface area contributed by atoms with Crippen LogP contribution in [0.25, 0.3) is 0 Å². The lowest BCUT2D eigenvalue weighted by Gasteiger charge is -2.05. The minimum absolute atomic E-state index is 0.0360. The van der Waals surface area contributed by atoms with Gasteiger partial charge in [-0.25, -0.2) is 4.98 Å². The van der Waals surface area contributed by atoms with Crippen LogP contribution in [0.2, 0.25) is 0 Å². The maximum atomic E-state index is 11.9. The Bertz CT molecular complexity index is 625. The third-order valence-electron chi connectivity index (χ3n) is 2.38. The van der Waals surface area contributed by atoms with Gasteiger partial charge in [0.25, 0.3) is 11.6 Å². The maximum absolute atomic E-state index is 11.9. The van der Waals surface area contributed by atoms with Crippen molar-refractivity contribution in [2.75, 3.05) is 11.1 Å².